The molecule has 0 radical (unpaired) electrons. The predicted molar refractivity (Wildman–Crippen MR) is 87.9 cm³/mol. The van der Waals surface area contributed by atoms with E-state index in [4.69, 9.17) is 4.74 Å². The topological polar surface area (TPSA) is 47.4 Å². The molecular weight excluding hydrogens is 290 g/mol. The van der Waals surface area contributed by atoms with Crippen LogP contribution in [0.15, 0.2) is 42.7 Å². The van der Waals surface area contributed by atoms with Crippen LogP contribution in [0.3, 0.4) is 0 Å². The zero-order valence-corrected chi connectivity index (χ0v) is 13.7. The van der Waals surface area contributed by atoms with Gasteiger partial charge in [-0.05, 0) is 30.9 Å². The minimum Gasteiger partial charge on any atom is -0.367 e. The van der Waals surface area contributed by atoms with Crippen LogP contribution < -0.4 is 0 Å². The van der Waals surface area contributed by atoms with Gasteiger partial charge in [0.25, 0.3) is 5.91 Å². The number of methoxy groups -OCH3 is 1. The van der Waals surface area contributed by atoms with E-state index in [1.54, 1.807) is 7.11 Å². The van der Waals surface area contributed by atoms with Gasteiger partial charge >= 0.3 is 0 Å². The number of hydrogen-bond donors (Lipinski definition) is 0. The summed E-state index contributed by atoms with van der Waals surface area (Å²) in [6.07, 6.45) is 5.38. The average molecular weight is 313 g/mol. The van der Waals surface area contributed by atoms with E-state index in [1.165, 1.54) is 0 Å². The second-order valence-corrected chi connectivity index (χ2v) is 6.09. The van der Waals surface area contributed by atoms with E-state index in [0.717, 1.165) is 37.1 Å². The lowest BCUT2D eigenvalue weighted by molar-refractivity contribution is -0.143. The van der Waals surface area contributed by atoms with Crippen molar-refractivity contribution in [3.8, 4) is 0 Å². The Bertz CT molecular complexity index is 653. The van der Waals surface area contributed by atoms with Gasteiger partial charge in [0.15, 0.2) is 6.10 Å². The SMILES string of the molecule is CO[C@@H](C(=O)N1CCC[C@H]1Cn1cc(C)cn1)c1ccccc1. The highest BCUT2D eigenvalue weighted by molar-refractivity contribution is 5.82. The monoisotopic (exact) mass is 313 g/mol. The molecule has 0 N–H and O–H groups in total. The van der Waals surface area contributed by atoms with E-state index in [0.29, 0.717) is 0 Å². The number of ether oxygens (including phenoxy) is 1. The second-order valence-electron chi connectivity index (χ2n) is 6.09. The van der Waals surface area contributed by atoms with Crippen molar-refractivity contribution in [2.45, 2.75) is 38.5 Å². The molecule has 23 heavy (non-hydrogen) atoms. The van der Waals surface area contributed by atoms with Crippen LogP contribution in [0.4, 0.5) is 0 Å². The van der Waals surface area contributed by atoms with Gasteiger partial charge in [-0.25, -0.2) is 0 Å². The lowest BCUT2D eigenvalue weighted by Crippen LogP contribution is -2.41. The van der Waals surface area contributed by atoms with E-state index < -0.39 is 6.10 Å². The average Bonchev–Trinajstić information content (AvgIpc) is 3.18. The first kappa shape index (κ1) is 15.7. The third-order valence-electron chi connectivity index (χ3n) is 4.38. The van der Waals surface area contributed by atoms with Crippen LogP contribution >= 0.6 is 0 Å². The van der Waals surface area contributed by atoms with Crippen molar-refractivity contribution < 1.29 is 9.53 Å². The Morgan fingerprint density at radius 2 is 2.17 bits per heavy atom. The first-order valence-electron chi connectivity index (χ1n) is 8.06. The number of likely N-dealkylation sites (tertiary alicyclic amines) is 1. The first-order chi connectivity index (χ1) is 11.2. The molecular formula is C18H23N3O2. The molecule has 1 saturated heterocycles. The maximum atomic E-state index is 13.0. The third kappa shape index (κ3) is 3.45. The normalized spacial score (nSPS) is 19.0. The van der Waals surface area contributed by atoms with E-state index in [2.05, 4.69) is 5.10 Å². The molecule has 1 aliphatic rings. The first-order valence-corrected chi connectivity index (χ1v) is 8.06. The lowest BCUT2D eigenvalue weighted by atomic mass is 10.1. The van der Waals surface area contributed by atoms with Crippen molar-refractivity contribution in [1.29, 1.82) is 0 Å². The highest BCUT2D eigenvalue weighted by Gasteiger charge is 2.34. The van der Waals surface area contributed by atoms with Crippen LogP contribution in [-0.4, -0.2) is 40.3 Å². The standard InChI is InChI=1S/C18H23N3O2/c1-14-11-19-20(12-14)13-16-9-6-10-21(16)18(22)17(23-2)15-7-4-3-5-8-15/h3-5,7-8,11-12,16-17H,6,9-10,13H2,1-2H3/t16-,17+/m0/s1. The molecule has 122 valence electrons. The van der Waals surface area contributed by atoms with E-state index >= 15 is 0 Å². The molecule has 0 spiro atoms. The summed E-state index contributed by atoms with van der Waals surface area (Å²) in [5.74, 6) is 0.0464. The summed E-state index contributed by atoms with van der Waals surface area (Å²) in [6, 6.07) is 9.87. The Kier molecular flexibility index (Phi) is 4.76. The molecule has 1 fully saturated rings. The summed E-state index contributed by atoms with van der Waals surface area (Å²) < 4.78 is 7.43. The quantitative estimate of drug-likeness (QED) is 0.852. The molecule has 3 rings (SSSR count). The summed E-state index contributed by atoms with van der Waals surface area (Å²) in [6.45, 7) is 3.55. The molecule has 2 aromatic rings. The molecule has 2 atom stereocenters. The van der Waals surface area contributed by atoms with Gasteiger partial charge in [-0.1, -0.05) is 30.3 Å². The van der Waals surface area contributed by atoms with Crippen LogP contribution in [0.25, 0.3) is 0 Å². The number of amides is 1. The van der Waals surface area contributed by atoms with Crippen molar-refractivity contribution in [3.63, 3.8) is 0 Å². The highest BCUT2D eigenvalue weighted by atomic mass is 16.5. The second kappa shape index (κ2) is 6.96. The van der Waals surface area contributed by atoms with Gasteiger partial charge in [-0.2, -0.15) is 5.10 Å². The number of aryl methyl sites for hydroxylation is 1. The van der Waals surface area contributed by atoms with E-state index in [1.807, 2.05) is 59.2 Å². The highest BCUT2D eigenvalue weighted by Crippen LogP contribution is 2.26. The van der Waals surface area contributed by atoms with Crippen molar-refractivity contribution >= 4 is 5.91 Å². The Morgan fingerprint density at radius 3 is 2.83 bits per heavy atom. The molecule has 2 heterocycles. The van der Waals surface area contributed by atoms with Crippen molar-refractivity contribution in [1.82, 2.24) is 14.7 Å². The Balaban J connectivity index is 1.74. The van der Waals surface area contributed by atoms with Gasteiger partial charge in [0.2, 0.25) is 0 Å². The Hall–Kier alpha value is -2.14. The van der Waals surface area contributed by atoms with Crippen molar-refractivity contribution in [2.24, 2.45) is 0 Å². The fourth-order valence-corrected chi connectivity index (χ4v) is 3.26. The van der Waals surface area contributed by atoms with Crippen molar-refractivity contribution in [2.75, 3.05) is 13.7 Å². The number of carbonyl (C=O) groups excluding carboxylic acids is 1. The number of aromatic nitrogens is 2. The molecule has 0 bridgehead atoms. The summed E-state index contributed by atoms with van der Waals surface area (Å²) in [5.41, 5.74) is 2.04. The zero-order chi connectivity index (χ0) is 16.2. The zero-order valence-electron chi connectivity index (χ0n) is 13.7. The summed E-state index contributed by atoms with van der Waals surface area (Å²) in [5, 5.41) is 4.34. The summed E-state index contributed by atoms with van der Waals surface area (Å²) >= 11 is 0. The van der Waals surface area contributed by atoms with Gasteiger partial charge in [0.05, 0.1) is 18.8 Å². The molecule has 1 aromatic heterocycles. The Labute approximate surface area is 136 Å². The predicted octanol–water partition coefficient (Wildman–Crippen LogP) is 2.57. The summed E-state index contributed by atoms with van der Waals surface area (Å²) in [7, 11) is 1.59. The molecule has 0 aliphatic carbocycles. The van der Waals surface area contributed by atoms with Gasteiger partial charge in [0, 0.05) is 19.9 Å². The molecule has 5 nitrogen and oxygen atoms in total. The number of rotatable bonds is 5. The minimum atomic E-state index is -0.531. The van der Waals surface area contributed by atoms with E-state index in [9.17, 15) is 4.79 Å². The van der Waals surface area contributed by atoms with Crippen LogP contribution in [0.5, 0.6) is 0 Å². The summed E-state index contributed by atoms with van der Waals surface area (Å²) in [4.78, 5) is 14.9. The van der Waals surface area contributed by atoms with Crippen LogP contribution in [-0.2, 0) is 16.1 Å². The lowest BCUT2D eigenvalue weighted by Gasteiger charge is -2.28. The van der Waals surface area contributed by atoms with E-state index in [-0.39, 0.29) is 11.9 Å². The van der Waals surface area contributed by atoms with Crippen LogP contribution in [0.1, 0.15) is 30.1 Å². The Morgan fingerprint density at radius 1 is 1.39 bits per heavy atom. The smallest absolute Gasteiger partial charge is 0.256 e. The van der Waals surface area contributed by atoms with Gasteiger partial charge in [-0.3, -0.25) is 9.48 Å². The molecule has 1 aliphatic heterocycles. The molecule has 0 unspecified atom stereocenters. The van der Waals surface area contributed by atoms with Gasteiger partial charge < -0.3 is 9.64 Å². The number of benzene rings is 1. The molecule has 1 aromatic carbocycles. The minimum absolute atomic E-state index is 0.0464. The number of carbonyl (C=O) groups is 1. The maximum absolute atomic E-state index is 13.0. The number of hydrogen-bond acceptors (Lipinski definition) is 3. The fourth-order valence-electron chi connectivity index (χ4n) is 3.26. The van der Waals surface area contributed by atoms with Gasteiger partial charge in [0.1, 0.15) is 0 Å². The molecule has 1 amide bonds. The van der Waals surface area contributed by atoms with Crippen LogP contribution in [0, 0.1) is 6.92 Å². The van der Waals surface area contributed by atoms with Crippen LogP contribution in [0.2, 0.25) is 0 Å². The third-order valence-corrected chi connectivity index (χ3v) is 4.38. The number of nitrogens with zero attached hydrogens (tertiary/aromatic N) is 3. The molecule has 0 saturated carbocycles. The van der Waals surface area contributed by atoms with Crippen molar-refractivity contribution in [3.05, 3.63) is 53.9 Å². The van der Waals surface area contributed by atoms with Gasteiger partial charge in [-0.15, -0.1) is 0 Å². The molecule has 5 heteroatoms. The fraction of sp³-hybridized carbons (Fsp3) is 0.444. The largest absolute Gasteiger partial charge is 0.367 e. The maximum Gasteiger partial charge on any atom is 0.256 e.